The molecule has 0 aliphatic heterocycles. The van der Waals surface area contributed by atoms with Gasteiger partial charge in [-0.05, 0) is 33.9 Å². The van der Waals surface area contributed by atoms with Gasteiger partial charge in [-0.1, -0.05) is 6.92 Å². The number of rotatable bonds is 5. The van der Waals surface area contributed by atoms with Gasteiger partial charge in [-0.25, -0.2) is 0 Å². The van der Waals surface area contributed by atoms with Gasteiger partial charge in [0.2, 0.25) is 0 Å². The average Bonchev–Trinajstić information content (AvgIpc) is 2.56. The van der Waals surface area contributed by atoms with Gasteiger partial charge in [-0.15, -0.1) is 0 Å². The van der Waals surface area contributed by atoms with Crippen molar-refractivity contribution < 1.29 is 14.3 Å². The van der Waals surface area contributed by atoms with Gasteiger partial charge in [0.05, 0.1) is 5.92 Å². The summed E-state index contributed by atoms with van der Waals surface area (Å²) in [4.78, 5) is 12.9. The highest BCUT2D eigenvalue weighted by molar-refractivity contribution is 5.69. The molecule has 2 unspecified atom stereocenters. The summed E-state index contributed by atoms with van der Waals surface area (Å²) in [5.74, 6) is 0.675. The van der Waals surface area contributed by atoms with E-state index in [0.29, 0.717) is 6.54 Å². The lowest BCUT2D eigenvalue weighted by molar-refractivity contribution is -0.141. The van der Waals surface area contributed by atoms with Crippen LogP contribution in [0.2, 0.25) is 0 Å². The summed E-state index contributed by atoms with van der Waals surface area (Å²) in [6, 6.07) is 2.18. The van der Waals surface area contributed by atoms with Crippen molar-refractivity contribution in [2.75, 3.05) is 13.6 Å². The molecule has 96 valence electrons. The van der Waals surface area contributed by atoms with E-state index < -0.39 is 5.97 Å². The molecule has 0 saturated carbocycles. The molecule has 17 heavy (non-hydrogen) atoms. The number of carboxylic acid groups (broad SMARTS) is 1. The largest absolute Gasteiger partial charge is 0.481 e. The molecule has 0 aromatic carbocycles. The number of aryl methyl sites for hydroxylation is 2. The van der Waals surface area contributed by atoms with Crippen molar-refractivity contribution in [3.8, 4) is 0 Å². The molecule has 0 aliphatic rings. The molecule has 2 atom stereocenters. The minimum atomic E-state index is -0.760. The lowest BCUT2D eigenvalue weighted by Gasteiger charge is -2.25. The van der Waals surface area contributed by atoms with Crippen LogP contribution in [0.3, 0.4) is 0 Å². The normalized spacial score (nSPS) is 14.9. The second kappa shape index (κ2) is 5.36. The quantitative estimate of drug-likeness (QED) is 0.858. The lowest BCUT2D eigenvalue weighted by Crippen LogP contribution is -2.30. The zero-order valence-electron chi connectivity index (χ0n) is 11.2. The summed E-state index contributed by atoms with van der Waals surface area (Å²) in [7, 11) is 1.94. The Labute approximate surface area is 102 Å². The monoisotopic (exact) mass is 239 g/mol. The first kappa shape index (κ1) is 13.8. The summed E-state index contributed by atoms with van der Waals surface area (Å²) < 4.78 is 5.50. The molecule has 1 aromatic rings. The number of hydrogen-bond acceptors (Lipinski definition) is 3. The average molecular weight is 239 g/mol. The first-order chi connectivity index (χ1) is 7.82. The molecule has 0 spiro atoms. The van der Waals surface area contributed by atoms with Crippen molar-refractivity contribution in [3.05, 3.63) is 23.2 Å². The maximum absolute atomic E-state index is 10.8. The van der Waals surface area contributed by atoms with Crippen molar-refractivity contribution in [1.29, 1.82) is 0 Å². The van der Waals surface area contributed by atoms with Crippen molar-refractivity contribution in [2.24, 2.45) is 5.92 Å². The molecule has 1 rings (SSSR count). The molecule has 0 amide bonds. The third kappa shape index (κ3) is 3.33. The highest BCUT2D eigenvalue weighted by Crippen LogP contribution is 2.25. The van der Waals surface area contributed by atoms with E-state index in [-0.39, 0.29) is 12.0 Å². The van der Waals surface area contributed by atoms with E-state index in [0.717, 1.165) is 17.1 Å². The van der Waals surface area contributed by atoms with Gasteiger partial charge in [0, 0.05) is 18.2 Å². The summed E-state index contributed by atoms with van der Waals surface area (Å²) >= 11 is 0. The van der Waals surface area contributed by atoms with E-state index in [1.807, 2.05) is 31.9 Å². The summed E-state index contributed by atoms with van der Waals surface area (Å²) in [6.07, 6.45) is 0. The highest BCUT2D eigenvalue weighted by Gasteiger charge is 2.21. The van der Waals surface area contributed by atoms with Crippen LogP contribution >= 0.6 is 0 Å². The molecule has 0 saturated heterocycles. The predicted octanol–water partition coefficient (Wildman–Crippen LogP) is 2.61. The summed E-state index contributed by atoms with van der Waals surface area (Å²) in [6.45, 7) is 8.17. The van der Waals surface area contributed by atoms with Crippen molar-refractivity contribution in [1.82, 2.24) is 4.90 Å². The minimum Gasteiger partial charge on any atom is -0.481 e. The van der Waals surface area contributed by atoms with E-state index in [1.165, 1.54) is 0 Å². The minimum absolute atomic E-state index is 0.161. The van der Waals surface area contributed by atoms with E-state index >= 15 is 0 Å². The number of furan rings is 1. The van der Waals surface area contributed by atoms with Crippen LogP contribution < -0.4 is 0 Å². The molecule has 1 N–H and O–H groups in total. The van der Waals surface area contributed by atoms with Gasteiger partial charge < -0.3 is 9.52 Å². The highest BCUT2D eigenvalue weighted by atomic mass is 16.4. The van der Waals surface area contributed by atoms with Crippen LogP contribution in [0.5, 0.6) is 0 Å². The van der Waals surface area contributed by atoms with Gasteiger partial charge in [0.1, 0.15) is 11.5 Å². The number of carboxylic acids is 1. The van der Waals surface area contributed by atoms with Crippen LogP contribution in [0, 0.1) is 19.8 Å². The Morgan fingerprint density at radius 2 is 2.06 bits per heavy atom. The van der Waals surface area contributed by atoms with Crippen LogP contribution in [0.15, 0.2) is 10.5 Å². The van der Waals surface area contributed by atoms with Gasteiger partial charge in [0.25, 0.3) is 0 Å². The fourth-order valence-corrected chi connectivity index (χ4v) is 1.97. The predicted molar refractivity (Wildman–Crippen MR) is 66.0 cm³/mol. The topological polar surface area (TPSA) is 53.7 Å². The van der Waals surface area contributed by atoms with Crippen LogP contribution in [0.4, 0.5) is 0 Å². The Morgan fingerprint density at radius 3 is 2.47 bits per heavy atom. The van der Waals surface area contributed by atoms with Gasteiger partial charge in [-0.2, -0.15) is 0 Å². The van der Waals surface area contributed by atoms with Crippen molar-refractivity contribution in [3.63, 3.8) is 0 Å². The Hall–Kier alpha value is -1.29. The molecule has 4 nitrogen and oxygen atoms in total. The smallest absolute Gasteiger partial charge is 0.307 e. The fraction of sp³-hybridized carbons (Fsp3) is 0.615. The number of hydrogen-bond donors (Lipinski definition) is 1. The number of carbonyl (C=O) groups is 1. The van der Waals surface area contributed by atoms with Crippen LogP contribution in [-0.4, -0.2) is 29.6 Å². The molecular weight excluding hydrogens is 218 g/mol. The maximum atomic E-state index is 10.8. The van der Waals surface area contributed by atoms with Crippen LogP contribution in [-0.2, 0) is 4.79 Å². The van der Waals surface area contributed by atoms with Crippen LogP contribution in [0.1, 0.15) is 37.0 Å². The molecule has 0 fully saturated rings. The third-order valence-corrected chi connectivity index (χ3v) is 3.17. The Balaban J connectivity index is 2.73. The third-order valence-electron chi connectivity index (χ3n) is 3.17. The Bertz CT molecular complexity index is 397. The molecule has 1 aromatic heterocycles. The zero-order valence-corrected chi connectivity index (χ0v) is 11.2. The van der Waals surface area contributed by atoms with Gasteiger partial charge in [0.15, 0.2) is 0 Å². The Morgan fingerprint density at radius 1 is 1.47 bits per heavy atom. The SMILES string of the molecule is Cc1cc(C(C)N(C)CC(C)C(=O)O)c(C)o1. The molecule has 0 aliphatic carbocycles. The van der Waals surface area contributed by atoms with Gasteiger partial charge >= 0.3 is 5.97 Å². The Kier molecular flexibility index (Phi) is 4.34. The van der Waals surface area contributed by atoms with Crippen molar-refractivity contribution in [2.45, 2.75) is 33.7 Å². The van der Waals surface area contributed by atoms with Crippen molar-refractivity contribution >= 4 is 5.97 Å². The maximum Gasteiger partial charge on any atom is 0.307 e. The number of aliphatic carboxylic acids is 1. The van der Waals surface area contributed by atoms with Crippen LogP contribution in [0.25, 0.3) is 0 Å². The zero-order chi connectivity index (χ0) is 13.2. The molecule has 0 radical (unpaired) electrons. The second-order valence-electron chi connectivity index (χ2n) is 4.72. The van der Waals surface area contributed by atoms with E-state index in [4.69, 9.17) is 9.52 Å². The molecule has 1 heterocycles. The molecule has 0 bridgehead atoms. The lowest BCUT2D eigenvalue weighted by atomic mass is 10.1. The molecular formula is C13H21NO3. The van der Waals surface area contributed by atoms with E-state index in [2.05, 4.69) is 6.92 Å². The van der Waals surface area contributed by atoms with E-state index in [1.54, 1.807) is 6.92 Å². The van der Waals surface area contributed by atoms with E-state index in [9.17, 15) is 4.79 Å². The van der Waals surface area contributed by atoms with Gasteiger partial charge in [-0.3, -0.25) is 9.69 Å². The molecule has 4 heteroatoms. The first-order valence-corrected chi connectivity index (χ1v) is 5.83. The second-order valence-corrected chi connectivity index (χ2v) is 4.72. The number of nitrogens with zero attached hydrogens (tertiary/aromatic N) is 1. The fourth-order valence-electron chi connectivity index (χ4n) is 1.97. The first-order valence-electron chi connectivity index (χ1n) is 5.83. The summed E-state index contributed by atoms with van der Waals surface area (Å²) in [5, 5.41) is 8.90. The summed E-state index contributed by atoms with van der Waals surface area (Å²) in [5.41, 5.74) is 1.13. The standard InChI is InChI=1S/C13H21NO3/c1-8(13(15)16)7-14(5)10(3)12-6-9(2)17-11(12)4/h6,8,10H,7H2,1-5H3,(H,15,16).